The van der Waals surface area contributed by atoms with Crippen molar-refractivity contribution in [2.24, 2.45) is 5.73 Å². The zero-order valence-electron chi connectivity index (χ0n) is 52.1. The summed E-state index contributed by atoms with van der Waals surface area (Å²) < 4.78 is 52.9. The van der Waals surface area contributed by atoms with Crippen LogP contribution in [0.1, 0.15) is 138 Å². The average Bonchev–Trinajstić information content (AvgIpc) is 1.000. The van der Waals surface area contributed by atoms with Gasteiger partial charge in [0.05, 0.1) is 79.7 Å². The van der Waals surface area contributed by atoms with Gasteiger partial charge in [0.2, 0.25) is 12.6 Å². The first-order chi connectivity index (χ1) is 44.3. The van der Waals surface area contributed by atoms with Crippen molar-refractivity contribution in [3.8, 4) is 57.5 Å². The Labute approximate surface area is 536 Å². The normalized spacial score (nSPS) is 29.6. The van der Waals surface area contributed by atoms with E-state index in [1.807, 2.05) is 31.9 Å². The maximum absolute atomic E-state index is 14.7. The number of nitrogens with two attached hydrogens (primary N) is 1. The Bertz CT molecular complexity index is 4000. The number of nitrogens with one attached hydrogen (secondary N) is 1. The Kier molecular flexibility index (Phi) is 16.2. The van der Waals surface area contributed by atoms with Crippen LogP contribution < -0.4 is 39.5 Å². The standard InChI is InChI=1S/C39H43N3O11S.C27H29NO11/c1-16-9-20-10-22-37(46)42-23-13-50-38(47)39(21-12-25(48-5)24(44)11-19(21)7-8-40-39)14-54-36(30(42)29(41(22)4)26(20)31(45)32(16)49-6)28-27(23)35-34(51-15-52-35)17(2)33(28)53-18(3)43;1-10-22(31)13(28)6-17(38-10)39-15-8-27(36,16(30)9-29)7-12-19(15)26(35)21-20(24(12)33)23(32)11-4-3-5-14(37-2)18(11)25(21)34/h9,11-12,22-23,29-30,36-37,40,44-46H,7-8,10,13-15H2,1-6H3;3-5,10,13,15,17,22,29,31,33,35-36H,6-9,28H2,1-2H3/t22-,23-,29+,30+,36-,37-,39+;10-,13-,15-,17-,22+,27-/m00/s1. The van der Waals surface area contributed by atoms with Gasteiger partial charge in [-0.15, -0.1) is 11.8 Å². The van der Waals surface area contributed by atoms with Crippen LogP contribution in [-0.4, -0.2) is 189 Å². The molecule has 0 radical (unpaired) electrons. The summed E-state index contributed by atoms with van der Waals surface area (Å²) >= 11 is 1.47. The fourth-order valence-electron chi connectivity index (χ4n) is 15.7. The lowest BCUT2D eigenvalue weighted by Gasteiger charge is -2.62. The van der Waals surface area contributed by atoms with Crippen molar-refractivity contribution in [2.45, 2.75) is 137 Å². The van der Waals surface area contributed by atoms with Crippen LogP contribution in [0.5, 0.6) is 57.5 Å². The Morgan fingerprint density at radius 1 is 0.860 bits per heavy atom. The highest BCUT2D eigenvalue weighted by Crippen LogP contribution is 2.65. The molecule has 0 aromatic heterocycles. The summed E-state index contributed by atoms with van der Waals surface area (Å²) in [5, 5.41) is 91.9. The van der Waals surface area contributed by atoms with Crippen molar-refractivity contribution in [3.05, 3.63) is 114 Å². The Balaban J connectivity index is 0.000000179. The average molecular weight is 1310 g/mol. The van der Waals surface area contributed by atoms with Crippen LogP contribution in [0, 0.1) is 13.8 Å². The molecule has 0 unspecified atom stereocenters. The Hall–Kier alpha value is -7.80. The topological polar surface area (TPSA) is 375 Å². The third-order valence-electron chi connectivity index (χ3n) is 20.1. The van der Waals surface area contributed by atoms with Crippen molar-refractivity contribution in [1.29, 1.82) is 0 Å². The first-order valence-electron chi connectivity index (χ1n) is 30.5. The zero-order valence-corrected chi connectivity index (χ0v) is 52.9. The molecule has 494 valence electrons. The molecule has 0 saturated carbocycles. The fourth-order valence-corrected chi connectivity index (χ4v) is 17.4. The number of benzene rings is 5. The highest BCUT2D eigenvalue weighted by atomic mass is 32.2. The number of aryl methyl sites for hydroxylation is 1. The summed E-state index contributed by atoms with van der Waals surface area (Å²) in [7, 11) is 6.28. The quantitative estimate of drug-likeness (QED) is 0.0593. The van der Waals surface area contributed by atoms with Crippen molar-refractivity contribution in [2.75, 3.05) is 60.7 Å². The van der Waals surface area contributed by atoms with Crippen LogP contribution in [0.2, 0.25) is 0 Å². The smallest absolute Gasteiger partial charge is 0.331 e. The van der Waals surface area contributed by atoms with Crippen LogP contribution in [-0.2, 0) is 53.4 Å². The van der Waals surface area contributed by atoms with Gasteiger partial charge in [0, 0.05) is 89.5 Å². The van der Waals surface area contributed by atoms with E-state index in [-0.39, 0.29) is 76.9 Å². The number of methoxy groups -OCH3 is 3. The summed E-state index contributed by atoms with van der Waals surface area (Å²) in [4.78, 5) is 71.4. The van der Waals surface area contributed by atoms with Gasteiger partial charge in [-0.25, -0.2) is 4.79 Å². The molecule has 5 aromatic carbocycles. The monoisotopic (exact) mass is 1300 g/mol. The Morgan fingerprint density at radius 2 is 1.59 bits per heavy atom. The van der Waals surface area contributed by atoms with Crippen LogP contribution >= 0.6 is 11.8 Å². The largest absolute Gasteiger partial charge is 0.507 e. The molecule has 3 fully saturated rings. The molecule has 10 aliphatic rings. The summed E-state index contributed by atoms with van der Waals surface area (Å²) in [5.41, 5.74) is 6.73. The lowest BCUT2D eigenvalue weighted by Crippen LogP contribution is -2.70. The van der Waals surface area contributed by atoms with E-state index in [1.165, 1.54) is 58.2 Å². The number of ketones is 3. The molecule has 93 heavy (non-hydrogen) atoms. The minimum absolute atomic E-state index is 0.0173. The number of likely N-dealkylation sites (N-methyl/N-ethyl adjacent to an activating group) is 1. The number of fused-ring (bicyclic) bond motifs is 12. The van der Waals surface area contributed by atoms with E-state index in [4.69, 9.17) is 48.4 Å². The number of nitrogens with zero attached hydrogens (tertiary/aromatic N) is 2. The molecule has 5 aromatic rings. The number of hydrogen-bond donors (Lipinski definition) is 10. The number of rotatable bonds is 8. The van der Waals surface area contributed by atoms with Crippen LogP contribution in [0.4, 0.5) is 0 Å². The van der Waals surface area contributed by atoms with E-state index in [9.17, 15) is 64.8 Å². The van der Waals surface area contributed by atoms with E-state index < -0.39 is 143 Å². The lowest BCUT2D eigenvalue weighted by atomic mass is 9.72. The highest BCUT2D eigenvalue weighted by molar-refractivity contribution is 7.99. The van der Waals surface area contributed by atoms with Crippen LogP contribution in [0.25, 0.3) is 0 Å². The number of piperazine rings is 1. The lowest BCUT2D eigenvalue weighted by molar-refractivity contribution is -0.247. The second-order valence-electron chi connectivity index (χ2n) is 25.1. The number of phenolic OH excluding ortho intramolecular Hbond substituents is 4. The number of hydrogen-bond acceptors (Lipinski definition) is 27. The number of Topliss-reactive ketones (excluding diaryl/α,β-unsaturated/α-hetero) is 1. The van der Waals surface area contributed by atoms with Gasteiger partial charge in [-0.3, -0.25) is 34.3 Å². The number of ether oxygens (including phenoxy) is 9. The van der Waals surface area contributed by atoms with Gasteiger partial charge >= 0.3 is 11.9 Å². The van der Waals surface area contributed by atoms with Gasteiger partial charge in [0.15, 0.2) is 57.9 Å². The van der Waals surface area contributed by atoms with Crippen molar-refractivity contribution in [3.63, 3.8) is 0 Å². The second-order valence-corrected chi connectivity index (χ2v) is 26.2. The minimum Gasteiger partial charge on any atom is -0.507 e. The number of thioether (sulfide) groups is 1. The maximum atomic E-state index is 14.7. The molecule has 1 spiro atoms. The van der Waals surface area contributed by atoms with Gasteiger partial charge in [0.1, 0.15) is 48.0 Å². The van der Waals surface area contributed by atoms with Gasteiger partial charge in [0.25, 0.3) is 0 Å². The molecule has 8 aliphatic heterocycles. The zero-order chi connectivity index (χ0) is 66.3. The maximum Gasteiger partial charge on any atom is 0.331 e. The van der Waals surface area contributed by atoms with Crippen LogP contribution in [0.15, 0.2) is 36.4 Å². The van der Waals surface area contributed by atoms with E-state index in [0.717, 1.165) is 16.7 Å². The third-order valence-corrected chi connectivity index (χ3v) is 21.5. The third kappa shape index (κ3) is 9.70. The molecule has 3 saturated heterocycles. The number of carbonyl (C=O) groups is 5. The summed E-state index contributed by atoms with van der Waals surface area (Å²) in [5.74, 6) is -2.83. The van der Waals surface area contributed by atoms with Crippen molar-refractivity contribution in [1.82, 2.24) is 15.1 Å². The molecular formula is C66H72N4O22S. The van der Waals surface area contributed by atoms with Gasteiger partial charge in [-0.05, 0) is 81.1 Å². The number of phenols is 4. The highest BCUT2D eigenvalue weighted by Gasteiger charge is 2.62. The molecule has 26 nitrogen and oxygen atoms in total. The molecule has 13 atom stereocenters. The summed E-state index contributed by atoms with van der Waals surface area (Å²) in [6.07, 6.45) is -5.15. The summed E-state index contributed by atoms with van der Waals surface area (Å²) in [6.45, 7) is 5.82. The fraction of sp³-hybridized carbons (Fsp3) is 0.470. The number of aromatic hydroxyl groups is 4. The second kappa shape index (κ2) is 23.6. The van der Waals surface area contributed by atoms with Crippen molar-refractivity contribution < 1.29 is 107 Å². The number of aliphatic hydroxyl groups is 4. The van der Waals surface area contributed by atoms with Crippen molar-refractivity contribution >= 4 is 41.1 Å². The van der Waals surface area contributed by atoms with E-state index in [1.54, 1.807) is 19.1 Å². The number of carbonyl (C=O) groups excluding carboxylic acids is 5. The molecule has 11 N–H and O–H groups in total. The summed E-state index contributed by atoms with van der Waals surface area (Å²) in [6, 6.07) is 6.77. The molecule has 4 bridgehead atoms. The van der Waals surface area contributed by atoms with Crippen LogP contribution in [0.3, 0.4) is 0 Å². The van der Waals surface area contributed by atoms with Gasteiger partial charge < -0.3 is 89.2 Å². The molecule has 0 amide bonds. The predicted molar refractivity (Wildman–Crippen MR) is 326 cm³/mol. The van der Waals surface area contributed by atoms with E-state index in [0.29, 0.717) is 70.2 Å². The predicted octanol–water partition coefficient (Wildman–Crippen LogP) is 3.41. The SMILES string of the molecule is COc1cc2c(cc1O)CCN[C@]21CS[C@H]2c3c(OC(C)=O)c(C)c4c(c3[C@H](COC1=O)N1[C@@H]2[C@H]2c3c(cc(C)c(OC)c3O)C[C@@H]([C@@H]1O)N2C)OCO4.COc1cccc2c1C(=O)c1c(O)c3c(c(O)c1C2=O)C[C@@](O)(C(=O)CO)C[C@@H]3O[C@H]1C[C@H](N)[C@H](O)[C@H](C)O1. The molecule has 15 rings (SSSR count). The van der Waals surface area contributed by atoms with E-state index >= 15 is 0 Å². The van der Waals surface area contributed by atoms with Gasteiger partial charge in [-0.2, -0.15) is 0 Å². The number of aliphatic hydroxyl groups excluding tert-OH is 3. The van der Waals surface area contributed by atoms with Gasteiger partial charge in [-0.1, -0.05) is 18.2 Å². The van der Waals surface area contributed by atoms with E-state index in [2.05, 4.69) is 10.2 Å². The first-order valence-corrected chi connectivity index (χ1v) is 31.5. The molecule has 2 aliphatic carbocycles. The molecule has 27 heteroatoms. The molecule has 8 heterocycles. The molecular weight excluding hydrogens is 1230 g/mol. The first kappa shape index (κ1) is 63.9. The number of esters is 2. The Morgan fingerprint density at radius 3 is 2.29 bits per heavy atom. The minimum atomic E-state index is -2.24.